The number of aryl methyl sites for hydroxylation is 2. The lowest BCUT2D eigenvalue weighted by Gasteiger charge is -2.11. The summed E-state index contributed by atoms with van der Waals surface area (Å²) in [5.41, 5.74) is 6.74. The number of rotatable bonds is 3. The number of nitrogens with zero attached hydrogens (tertiary/aromatic N) is 2. The van der Waals surface area contributed by atoms with Gasteiger partial charge in [0.05, 0.1) is 12.8 Å². The molecule has 1 aromatic heterocycles. The minimum atomic E-state index is 0.658. The molecule has 25 heavy (non-hydrogen) atoms. The Morgan fingerprint density at radius 1 is 1.12 bits per heavy atom. The molecule has 1 aliphatic heterocycles. The zero-order valence-corrected chi connectivity index (χ0v) is 15.3. The second-order valence-electron chi connectivity index (χ2n) is 6.46. The number of hydrogen-bond acceptors (Lipinski definition) is 3. The topological polar surface area (TPSA) is 39.1 Å². The Kier molecular flexibility index (Phi) is 3.92. The third-order valence-electron chi connectivity index (χ3n) is 4.52. The van der Waals surface area contributed by atoms with E-state index >= 15 is 0 Å². The molecule has 128 valence electrons. The Labute approximate surface area is 152 Å². The van der Waals surface area contributed by atoms with Crippen molar-refractivity contribution in [2.24, 2.45) is 0 Å². The van der Waals surface area contributed by atoms with Gasteiger partial charge in [0.2, 0.25) is 0 Å². The fourth-order valence-electron chi connectivity index (χ4n) is 3.52. The van der Waals surface area contributed by atoms with Gasteiger partial charge in [-0.15, -0.1) is 0 Å². The van der Waals surface area contributed by atoms with Crippen LogP contribution in [0.2, 0.25) is 5.02 Å². The standard InChI is InChI=1S/C20H20ClN3O/c1-12-8-13(2)10-14(9-12)19-16-6-7-22-20(16)24(23-19)17-11-15(21)4-5-18(17)25-3/h4-5,8-11,22H,6-7H2,1-3H3. The molecule has 0 fully saturated rings. The molecule has 0 aliphatic carbocycles. The maximum Gasteiger partial charge on any atom is 0.144 e. The van der Waals surface area contributed by atoms with Crippen molar-refractivity contribution in [3.8, 4) is 22.7 Å². The van der Waals surface area contributed by atoms with Gasteiger partial charge < -0.3 is 10.1 Å². The van der Waals surface area contributed by atoms with E-state index in [1.807, 2.05) is 22.9 Å². The summed E-state index contributed by atoms with van der Waals surface area (Å²) >= 11 is 6.22. The molecule has 1 N–H and O–H groups in total. The van der Waals surface area contributed by atoms with Crippen LogP contribution in [0.4, 0.5) is 5.82 Å². The lowest BCUT2D eigenvalue weighted by Crippen LogP contribution is -2.06. The van der Waals surface area contributed by atoms with Gasteiger partial charge in [-0.25, -0.2) is 4.68 Å². The number of nitrogens with one attached hydrogen (secondary N) is 1. The average Bonchev–Trinajstić information content (AvgIpc) is 3.16. The van der Waals surface area contributed by atoms with Crippen LogP contribution in [0, 0.1) is 13.8 Å². The fourth-order valence-corrected chi connectivity index (χ4v) is 3.69. The van der Waals surface area contributed by atoms with E-state index < -0.39 is 0 Å². The third kappa shape index (κ3) is 2.76. The van der Waals surface area contributed by atoms with Crippen molar-refractivity contribution in [1.82, 2.24) is 9.78 Å². The average molecular weight is 354 g/mol. The van der Waals surface area contributed by atoms with Gasteiger partial charge in [-0.2, -0.15) is 5.10 Å². The summed E-state index contributed by atoms with van der Waals surface area (Å²) < 4.78 is 7.44. The quantitative estimate of drug-likeness (QED) is 0.736. The van der Waals surface area contributed by atoms with Gasteiger partial charge in [-0.3, -0.25) is 0 Å². The number of methoxy groups -OCH3 is 1. The molecule has 0 bridgehead atoms. The first-order valence-electron chi connectivity index (χ1n) is 8.35. The summed E-state index contributed by atoms with van der Waals surface area (Å²) in [5, 5.41) is 9.04. The highest BCUT2D eigenvalue weighted by Crippen LogP contribution is 2.37. The Morgan fingerprint density at radius 2 is 1.88 bits per heavy atom. The van der Waals surface area contributed by atoms with Crippen molar-refractivity contribution >= 4 is 17.4 Å². The molecular weight excluding hydrogens is 334 g/mol. The van der Waals surface area contributed by atoms with Crippen LogP contribution in [-0.2, 0) is 6.42 Å². The predicted octanol–water partition coefficient (Wildman–Crippen LogP) is 4.79. The molecule has 0 saturated heterocycles. The molecule has 1 aliphatic rings. The second kappa shape index (κ2) is 6.12. The Morgan fingerprint density at radius 3 is 2.60 bits per heavy atom. The summed E-state index contributed by atoms with van der Waals surface area (Å²) in [6, 6.07) is 12.1. The highest BCUT2D eigenvalue weighted by atomic mass is 35.5. The van der Waals surface area contributed by atoms with Gasteiger partial charge in [0, 0.05) is 22.7 Å². The summed E-state index contributed by atoms with van der Waals surface area (Å²) in [4.78, 5) is 0. The van der Waals surface area contributed by atoms with Crippen LogP contribution < -0.4 is 10.1 Å². The number of anilines is 1. The van der Waals surface area contributed by atoms with Crippen molar-refractivity contribution < 1.29 is 4.74 Å². The van der Waals surface area contributed by atoms with Crippen LogP contribution in [0.3, 0.4) is 0 Å². The summed E-state index contributed by atoms with van der Waals surface area (Å²) in [6.07, 6.45) is 0.959. The molecule has 2 heterocycles. The molecule has 3 aromatic rings. The number of aromatic nitrogens is 2. The monoisotopic (exact) mass is 353 g/mol. The minimum Gasteiger partial charge on any atom is -0.494 e. The van der Waals surface area contributed by atoms with Crippen LogP contribution in [-0.4, -0.2) is 23.4 Å². The summed E-state index contributed by atoms with van der Waals surface area (Å²) in [6.45, 7) is 5.14. The molecule has 0 radical (unpaired) electrons. The maximum absolute atomic E-state index is 6.22. The van der Waals surface area contributed by atoms with Gasteiger partial charge in [0.15, 0.2) is 0 Å². The van der Waals surface area contributed by atoms with Crippen LogP contribution >= 0.6 is 11.6 Å². The van der Waals surface area contributed by atoms with E-state index in [2.05, 4.69) is 37.4 Å². The zero-order chi connectivity index (χ0) is 17.6. The Hall–Kier alpha value is -2.46. The van der Waals surface area contributed by atoms with Gasteiger partial charge in [0.1, 0.15) is 17.3 Å². The molecule has 0 spiro atoms. The summed E-state index contributed by atoms with van der Waals surface area (Å²) in [7, 11) is 1.66. The van der Waals surface area contributed by atoms with E-state index in [4.69, 9.17) is 21.4 Å². The molecular formula is C20H20ClN3O. The number of benzene rings is 2. The SMILES string of the molecule is COc1ccc(Cl)cc1-n1nc(-c2cc(C)cc(C)c2)c2c1NCC2. The van der Waals surface area contributed by atoms with Crippen LogP contribution in [0.1, 0.15) is 16.7 Å². The van der Waals surface area contributed by atoms with Crippen molar-refractivity contribution in [2.75, 3.05) is 19.0 Å². The molecule has 0 saturated carbocycles. The molecule has 2 aromatic carbocycles. The number of ether oxygens (including phenoxy) is 1. The van der Waals surface area contributed by atoms with Crippen LogP contribution in [0.5, 0.6) is 5.75 Å². The number of hydrogen-bond donors (Lipinski definition) is 1. The van der Waals surface area contributed by atoms with Gasteiger partial charge in [0.25, 0.3) is 0 Å². The van der Waals surface area contributed by atoms with Crippen LogP contribution in [0.25, 0.3) is 16.9 Å². The van der Waals surface area contributed by atoms with E-state index in [-0.39, 0.29) is 0 Å². The molecule has 0 unspecified atom stereocenters. The summed E-state index contributed by atoms with van der Waals surface area (Å²) in [5.74, 6) is 1.77. The van der Waals surface area contributed by atoms with Gasteiger partial charge in [-0.05, 0) is 50.6 Å². The highest BCUT2D eigenvalue weighted by Gasteiger charge is 2.25. The van der Waals surface area contributed by atoms with Gasteiger partial charge in [-0.1, -0.05) is 28.8 Å². The minimum absolute atomic E-state index is 0.658. The molecule has 5 heteroatoms. The fraction of sp³-hybridized carbons (Fsp3) is 0.250. The highest BCUT2D eigenvalue weighted by molar-refractivity contribution is 6.30. The molecule has 0 atom stereocenters. The van der Waals surface area contributed by atoms with E-state index in [0.717, 1.165) is 41.5 Å². The Bertz CT molecular complexity index is 942. The lowest BCUT2D eigenvalue weighted by molar-refractivity contribution is 0.412. The first-order valence-corrected chi connectivity index (χ1v) is 8.73. The van der Waals surface area contributed by atoms with E-state index in [0.29, 0.717) is 5.02 Å². The number of halogens is 1. The second-order valence-corrected chi connectivity index (χ2v) is 6.89. The smallest absolute Gasteiger partial charge is 0.144 e. The van der Waals surface area contributed by atoms with Crippen molar-refractivity contribution in [3.63, 3.8) is 0 Å². The van der Waals surface area contributed by atoms with E-state index in [9.17, 15) is 0 Å². The third-order valence-corrected chi connectivity index (χ3v) is 4.75. The largest absolute Gasteiger partial charge is 0.494 e. The van der Waals surface area contributed by atoms with Crippen molar-refractivity contribution in [1.29, 1.82) is 0 Å². The molecule has 0 amide bonds. The molecule has 4 rings (SSSR count). The van der Waals surface area contributed by atoms with Crippen LogP contribution in [0.15, 0.2) is 36.4 Å². The first-order chi connectivity index (χ1) is 12.1. The first kappa shape index (κ1) is 16.0. The number of fused-ring (bicyclic) bond motifs is 1. The normalized spacial score (nSPS) is 12.8. The lowest BCUT2D eigenvalue weighted by atomic mass is 10.0. The van der Waals surface area contributed by atoms with E-state index in [1.165, 1.54) is 16.7 Å². The van der Waals surface area contributed by atoms with Crippen molar-refractivity contribution in [3.05, 3.63) is 58.1 Å². The van der Waals surface area contributed by atoms with E-state index in [1.54, 1.807) is 7.11 Å². The zero-order valence-electron chi connectivity index (χ0n) is 14.6. The maximum atomic E-state index is 6.22. The Balaban J connectivity index is 1.94. The predicted molar refractivity (Wildman–Crippen MR) is 102 cm³/mol. The molecule has 4 nitrogen and oxygen atoms in total. The van der Waals surface area contributed by atoms with Gasteiger partial charge >= 0.3 is 0 Å². The van der Waals surface area contributed by atoms with Crippen molar-refractivity contribution in [2.45, 2.75) is 20.3 Å².